The number of rotatable bonds is 2. The van der Waals surface area contributed by atoms with E-state index in [0.29, 0.717) is 5.56 Å². The van der Waals surface area contributed by atoms with Crippen molar-refractivity contribution in [3.63, 3.8) is 0 Å². The Balaban J connectivity index is 1.89. The molecule has 0 aliphatic carbocycles. The molecule has 1 fully saturated rings. The Kier molecular flexibility index (Phi) is 3.18. The van der Waals surface area contributed by atoms with Crippen molar-refractivity contribution in [1.29, 1.82) is 0 Å². The van der Waals surface area contributed by atoms with Crippen molar-refractivity contribution < 1.29 is 4.79 Å². The molecular weight excluding hydrogens is 254 g/mol. The van der Waals surface area contributed by atoms with Gasteiger partial charge in [0.25, 0.3) is 11.5 Å². The molecule has 0 radical (unpaired) electrons. The second kappa shape index (κ2) is 5.00. The molecule has 2 aromatic heterocycles. The Labute approximate surface area is 116 Å². The summed E-state index contributed by atoms with van der Waals surface area (Å²) in [6.45, 7) is 0.734. The number of pyridine rings is 1. The first-order valence-electron chi connectivity index (χ1n) is 6.78. The van der Waals surface area contributed by atoms with Crippen LogP contribution in [0.15, 0.2) is 41.5 Å². The highest BCUT2D eigenvalue weighted by Crippen LogP contribution is 2.31. The molecule has 0 bridgehead atoms. The molecule has 0 saturated carbocycles. The maximum Gasteiger partial charge on any atom is 0.254 e. The predicted octanol–water partition coefficient (Wildman–Crippen LogP) is 1.69. The highest BCUT2D eigenvalue weighted by Gasteiger charge is 2.31. The number of nitrogens with zero attached hydrogens (tertiary/aromatic N) is 2. The molecule has 20 heavy (non-hydrogen) atoms. The van der Waals surface area contributed by atoms with Gasteiger partial charge in [-0.05, 0) is 31.0 Å². The van der Waals surface area contributed by atoms with E-state index in [9.17, 15) is 9.59 Å². The van der Waals surface area contributed by atoms with Gasteiger partial charge in [0.2, 0.25) is 0 Å². The quantitative estimate of drug-likeness (QED) is 0.903. The van der Waals surface area contributed by atoms with E-state index in [1.54, 1.807) is 19.3 Å². The summed E-state index contributed by atoms with van der Waals surface area (Å²) in [5.74, 6) is -0.0696. The molecule has 5 heteroatoms. The third-order valence-electron chi connectivity index (χ3n) is 3.85. The van der Waals surface area contributed by atoms with Crippen LogP contribution in [0.4, 0.5) is 0 Å². The SMILES string of the molecule is Cn1ccc(C(=O)N2CCCC2c2ccc[nH]2)cc1=O. The zero-order valence-corrected chi connectivity index (χ0v) is 11.4. The smallest absolute Gasteiger partial charge is 0.254 e. The van der Waals surface area contributed by atoms with Crippen molar-refractivity contribution >= 4 is 5.91 Å². The van der Waals surface area contributed by atoms with E-state index in [4.69, 9.17) is 0 Å². The summed E-state index contributed by atoms with van der Waals surface area (Å²) in [7, 11) is 1.67. The summed E-state index contributed by atoms with van der Waals surface area (Å²) in [6, 6.07) is 7.14. The maximum absolute atomic E-state index is 12.6. The number of H-pyrrole nitrogens is 1. The van der Waals surface area contributed by atoms with Crippen molar-refractivity contribution in [3.05, 3.63) is 58.3 Å². The zero-order chi connectivity index (χ0) is 14.1. The average Bonchev–Trinajstić information content (AvgIpc) is 3.10. The lowest BCUT2D eigenvalue weighted by Gasteiger charge is -2.24. The number of aryl methyl sites for hydroxylation is 1. The fourth-order valence-corrected chi connectivity index (χ4v) is 2.73. The molecule has 1 aliphatic heterocycles. The van der Waals surface area contributed by atoms with Gasteiger partial charge in [-0.2, -0.15) is 0 Å². The standard InChI is InChI=1S/C15H17N3O2/c1-17-9-6-11(10-14(17)19)15(20)18-8-3-5-13(18)12-4-2-7-16-12/h2,4,6-7,9-10,13,16H,3,5,8H2,1H3. The van der Waals surface area contributed by atoms with Gasteiger partial charge in [-0.3, -0.25) is 9.59 Å². The number of hydrogen-bond acceptors (Lipinski definition) is 2. The average molecular weight is 271 g/mol. The first-order chi connectivity index (χ1) is 9.66. The molecule has 3 rings (SSSR count). The third-order valence-corrected chi connectivity index (χ3v) is 3.85. The van der Waals surface area contributed by atoms with Crippen molar-refractivity contribution in [2.75, 3.05) is 6.54 Å². The van der Waals surface area contributed by atoms with Crippen LogP contribution in [0, 0.1) is 0 Å². The Morgan fingerprint density at radius 2 is 2.25 bits per heavy atom. The molecule has 104 valence electrons. The van der Waals surface area contributed by atoms with E-state index in [1.165, 1.54) is 10.6 Å². The lowest BCUT2D eigenvalue weighted by atomic mass is 10.1. The first-order valence-corrected chi connectivity index (χ1v) is 6.78. The van der Waals surface area contributed by atoms with Crippen LogP contribution >= 0.6 is 0 Å². The minimum Gasteiger partial charge on any atom is -0.363 e. The summed E-state index contributed by atoms with van der Waals surface area (Å²) in [4.78, 5) is 29.3. The lowest BCUT2D eigenvalue weighted by molar-refractivity contribution is 0.0733. The topological polar surface area (TPSA) is 58.1 Å². The van der Waals surface area contributed by atoms with Crippen molar-refractivity contribution in [2.24, 2.45) is 7.05 Å². The number of likely N-dealkylation sites (tertiary alicyclic amines) is 1. The van der Waals surface area contributed by atoms with Crippen molar-refractivity contribution in [1.82, 2.24) is 14.5 Å². The van der Waals surface area contributed by atoms with Crippen molar-refractivity contribution in [3.8, 4) is 0 Å². The van der Waals surface area contributed by atoms with Gasteiger partial charge in [-0.1, -0.05) is 0 Å². The second-order valence-electron chi connectivity index (χ2n) is 5.15. The normalized spacial score (nSPS) is 18.4. The fourth-order valence-electron chi connectivity index (χ4n) is 2.73. The van der Waals surface area contributed by atoms with Crippen LogP contribution in [0.1, 0.15) is 34.9 Å². The highest BCUT2D eigenvalue weighted by atomic mass is 16.2. The summed E-state index contributed by atoms with van der Waals surface area (Å²) in [6.07, 6.45) is 5.45. The Hall–Kier alpha value is -2.30. The number of amides is 1. The van der Waals surface area contributed by atoms with E-state index in [0.717, 1.165) is 25.1 Å². The largest absolute Gasteiger partial charge is 0.363 e. The molecule has 1 N–H and O–H groups in total. The highest BCUT2D eigenvalue weighted by molar-refractivity contribution is 5.94. The van der Waals surface area contributed by atoms with Gasteiger partial charge in [0.15, 0.2) is 0 Å². The molecule has 1 aliphatic rings. The molecule has 1 amide bonds. The minimum absolute atomic E-state index is 0.0696. The van der Waals surface area contributed by atoms with Crippen LogP contribution in [-0.4, -0.2) is 26.9 Å². The van der Waals surface area contributed by atoms with E-state index in [2.05, 4.69) is 4.98 Å². The number of carbonyl (C=O) groups is 1. The lowest BCUT2D eigenvalue weighted by Crippen LogP contribution is -2.32. The Morgan fingerprint density at radius 1 is 1.40 bits per heavy atom. The molecule has 0 aromatic carbocycles. The molecule has 1 atom stereocenters. The fraction of sp³-hybridized carbons (Fsp3) is 0.333. The number of carbonyl (C=O) groups excluding carboxylic acids is 1. The van der Waals surface area contributed by atoms with Gasteiger partial charge in [-0.15, -0.1) is 0 Å². The van der Waals surface area contributed by atoms with Gasteiger partial charge < -0.3 is 14.5 Å². The van der Waals surface area contributed by atoms with E-state index in [-0.39, 0.29) is 17.5 Å². The minimum atomic E-state index is -0.161. The third kappa shape index (κ3) is 2.15. The van der Waals surface area contributed by atoms with Crippen LogP contribution in [0.25, 0.3) is 0 Å². The maximum atomic E-state index is 12.6. The second-order valence-corrected chi connectivity index (χ2v) is 5.15. The zero-order valence-electron chi connectivity index (χ0n) is 11.4. The van der Waals surface area contributed by atoms with Crippen LogP contribution in [-0.2, 0) is 7.05 Å². The number of aromatic nitrogens is 2. The monoisotopic (exact) mass is 271 g/mol. The van der Waals surface area contributed by atoms with Gasteiger partial charge in [-0.25, -0.2) is 0 Å². The van der Waals surface area contributed by atoms with Crippen LogP contribution in [0.3, 0.4) is 0 Å². The Morgan fingerprint density at radius 3 is 2.95 bits per heavy atom. The van der Waals surface area contributed by atoms with E-state index >= 15 is 0 Å². The number of hydrogen-bond donors (Lipinski definition) is 1. The van der Waals surface area contributed by atoms with E-state index in [1.807, 2.05) is 23.2 Å². The molecule has 1 saturated heterocycles. The predicted molar refractivity (Wildman–Crippen MR) is 75.5 cm³/mol. The Bertz CT molecular complexity index is 673. The first kappa shape index (κ1) is 12.7. The molecule has 2 aromatic rings. The van der Waals surface area contributed by atoms with Gasteiger partial charge in [0, 0.05) is 43.3 Å². The summed E-state index contributed by atoms with van der Waals surface area (Å²) in [5, 5.41) is 0. The molecular formula is C15H17N3O2. The molecule has 3 heterocycles. The summed E-state index contributed by atoms with van der Waals surface area (Å²) >= 11 is 0. The summed E-state index contributed by atoms with van der Waals surface area (Å²) < 4.78 is 1.46. The van der Waals surface area contributed by atoms with Crippen LogP contribution < -0.4 is 5.56 Å². The van der Waals surface area contributed by atoms with Crippen LogP contribution in [0.5, 0.6) is 0 Å². The van der Waals surface area contributed by atoms with Crippen molar-refractivity contribution in [2.45, 2.75) is 18.9 Å². The van der Waals surface area contributed by atoms with Gasteiger partial charge in [0.1, 0.15) is 0 Å². The van der Waals surface area contributed by atoms with Gasteiger partial charge in [0.05, 0.1) is 6.04 Å². The van der Waals surface area contributed by atoms with Gasteiger partial charge >= 0.3 is 0 Å². The summed E-state index contributed by atoms with van der Waals surface area (Å²) in [5.41, 5.74) is 1.36. The number of nitrogens with one attached hydrogen (secondary N) is 1. The molecule has 5 nitrogen and oxygen atoms in total. The van der Waals surface area contributed by atoms with Crippen LogP contribution in [0.2, 0.25) is 0 Å². The number of aromatic amines is 1. The molecule has 1 unspecified atom stereocenters. The molecule has 0 spiro atoms. The van der Waals surface area contributed by atoms with E-state index < -0.39 is 0 Å².